The summed E-state index contributed by atoms with van der Waals surface area (Å²) < 4.78 is 6.11. The summed E-state index contributed by atoms with van der Waals surface area (Å²) in [6, 6.07) is 7.01. The van der Waals surface area contributed by atoms with Gasteiger partial charge in [0.2, 0.25) is 0 Å². The van der Waals surface area contributed by atoms with Crippen LogP contribution in [0.3, 0.4) is 0 Å². The van der Waals surface area contributed by atoms with Crippen molar-refractivity contribution in [3.05, 3.63) is 28.2 Å². The van der Waals surface area contributed by atoms with Gasteiger partial charge in [-0.3, -0.25) is 0 Å². The molecule has 0 aliphatic carbocycles. The van der Waals surface area contributed by atoms with Crippen molar-refractivity contribution >= 4 is 22.0 Å². The van der Waals surface area contributed by atoms with Gasteiger partial charge >= 0.3 is 6.09 Å². The minimum absolute atomic E-state index is 0.240. The van der Waals surface area contributed by atoms with E-state index >= 15 is 0 Å². The summed E-state index contributed by atoms with van der Waals surface area (Å²) in [4.78, 5) is 11.6. The number of nitrogens with zero attached hydrogens (tertiary/aromatic N) is 2. The Hall–Kier alpha value is -1.74. The van der Waals surface area contributed by atoms with Crippen LogP contribution in [-0.2, 0) is 0 Å². The molecule has 0 heterocycles. The van der Waals surface area contributed by atoms with Crippen molar-refractivity contribution in [3.8, 4) is 11.8 Å². The molecule has 0 radical (unpaired) electrons. The van der Waals surface area contributed by atoms with E-state index in [2.05, 4.69) is 15.9 Å². The van der Waals surface area contributed by atoms with Crippen LogP contribution < -0.4 is 4.74 Å². The minimum atomic E-state index is -0.999. The normalized spacial score (nSPS) is 9.47. The quantitative estimate of drug-likeness (QED) is 0.926. The van der Waals surface area contributed by atoms with Crippen LogP contribution in [0.15, 0.2) is 22.7 Å². The summed E-state index contributed by atoms with van der Waals surface area (Å²) in [5.74, 6) is 0.537. The molecule has 0 fully saturated rings. The van der Waals surface area contributed by atoms with E-state index < -0.39 is 6.09 Å². The monoisotopic (exact) mass is 298 g/mol. The van der Waals surface area contributed by atoms with Gasteiger partial charge in [0.25, 0.3) is 0 Å². The maximum absolute atomic E-state index is 10.5. The number of nitriles is 1. The summed E-state index contributed by atoms with van der Waals surface area (Å²) in [6.45, 7) is 0.508. The molecule has 1 aromatic rings. The Morgan fingerprint density at radius 1 is 1.59 bits per heavy atom. The molecule has 5 nitrogen and oxygen atoms in total. The molecule has 0 aliphatic heterocycles. The third-order valence-corrected chi connectivity index (χ3v) is 2.48. The van der Waals surface area contributed by atoms with Gasteiger partial charge in [-0.1, -0.05) is 15.9 Å². The molecule has 0 atom stereocenters. The molecule has 0 saturated heterocycles. The Bertz CT molecular complexity index is 457. The Morgan fingerprint density at radius 2 is 2.29 bits per heavy atom. The number of hydrogen-bond acceptors (Lipinski definition) is 3. The van der Waals surface area contributed by atoms with Crippen molar-refractivity contribution in [1.82, 2.24) is 4.90 Å². The average molecular weight is 299 g/mol. The van der Waals surface area contributed by atoms with Crippen LogP contribution in [-0.4, -0.2) is 36.3 Å². The van der Waals surface area contributed by atoms with Crippen LogP contribution >= 0.6 is 15.9 Å². The number of carboxylic acid groups (broad SMARTS) is 1. The standard InChI is InChI=1S/C11H11BrN2O3/c1-14(11(15)16)2-3-17-10-5-8(7-13)4-9(12)6-10/h4-6H,2-3H2,1H3,(H,15,16). The number of hydrogen-bond donors (Lipinski definition) is 1. The van der Waals surface area contributed by atoms with Crippen molar-refractivity contribution in [2.24, 2.45) is 0 Å². The van der Waals surface area contributed by atoms with E-state index in [4.69, 9.17) is 15.1 Å². The number of likely N-dealkylation sites (N-methyl/N-ethyl adjacent to an activating group) is 1. The number of ether oxygens (including phenoxy) is 1. The van der Waals surface area contributed by atoms with Gasteiger partial charge in [-0.25, -0.2) is 4.79 Å². The lowest BCUT2D eigenvalue weighted by molar-refractivity contribution is 0.147. The second-order valence-electron chi connectivity index (χ2n) is 3.34. The van der Waals surface area contributed by atoms with Crippen molar-refractivity contribution in [2.75, 3.05) is 20.2 Å². The Balaban J connectivity index is 2.55. The van der Waals surface area contributed by atoms with Crippen molar-refractivity contribution in [1.29, 1.82) is 5.26 Å². The first-order valence-electron chi connectivity index (χ1n) is 4.80. The van der Waals surface area contributed by atoms with E-state index in [0.29, 0.717) is 11.3 Å². The fourth-order valence-corrected chi connectivity index (χ4v) is 1.58. The lowest BCUT2D eigenvalue weighted by atomic mass is 10.2. The Kier molecular flexibility index (Phi) is 4.79. The predicted octanol–water partition coefficient (Wildman–Crippen LogP) is 2.31. The molecule has 0 bridgehead atoms. The molecule has 1 amide bonds. The van der Waals surface area contributed by atoms with E-state index in [0.717, 1.165) is 9.37 Å². The fraction of sp³-hybridized carbons (Fsp3) is 0.273. The van der Waals surface area contributed by atoms with Crippen LogP contribution in [0.4, 0.5) is 4.79 Å². The molecule has 90 valence electrons. The van der Waals surface area contributed by atoms with Gasteiger partial charge < -0.3 is 14.7 Å². The van der Waals surface area contributed by atoms with Gasteiger partial charge in [-0.2, -0.15) is 5.26 Å². The number of amides is 1. The van der Waals surface area contributed by atoms with E-state index in [9.17, 15) is 4.79 Å². The molecule has 0 aliphatic rings. The predicted molar refractivity (Wildman–Crippen MR) is 65.0 cm³/mol. The van der Waals surface area contributed by atoms with Gasteiger partial charge in [0.05, 0.1) is 18.2 Å². The lowest BCUT2D eigenvalue weighted by Crippen LogP contribution is -2.29. The third kappa shape index (κ3) is 4.33. The van der Waals surface area contributed by atoms with E-state index in [1.54, 1.807) is 18.2 Å². The highest BCUT2D eigenvalue weighted by Crippen LogP contribution is 2.20. The first kappa shape index (κ1) is 13.3. The van der Waals surface area contributed by atoms with Crippen molar-refractivity contribution in [2.45, 2.75) is 0 Å². The van der Waals surface area contributed by atoms with Gasteiger partial charge in [0.15, 0.2) is 0 Å². The SMILES string of the molecule is CN(CCOc1cc(Br)cc(C#N)c1)C(=O)O. The molecule has 1 aromatic carbocycles. The van der Waals surface area contributed by atoms with Gasteiger partial charge in [0.1, 0.15) is 12.4 Å². The van der Waals surface area contributed by atoms with E-state index in [1.165, 1.54) is 7.05 Å². The molecule has 0 aromatic heterocycles. The summed E-state index contributed by atoms with van der Waals surface area (Å²) in [5, 5.41) is 17.4. The summed E-state index contributed by atoms with van der Waals surface area (Å²) in [6.07, 6.45) is -0.999. The molecular weight excluding hydrogens is 288 g/mol. The van der Waals surface area contributed by atoms with Crippen molar-refractivity contribution in [3.63, 3.8) is 0 Å². The van der Waals surface area contributed by atoms with Crippen LogP contribution in [0.5, 0.6) is 5.75 Å². The highest BCUT2D eigenvalue weighted by molar-refractivity contribution is 9.10. The second kappa shape index (κ2) is 6.11. The summed E-state index contributed by atoms with van der Waals surface area (Å²) in [7, 11) is 1.47. The van der Waals surface area contributed by atoms with Gasteiger partial charge in [-0.05, 0) is 18.2 Å². The zero-order valence-electron chi connectivity index (χ0n) is 9.18. The molecule has 1 rings (SSSR count). The van der Waals surface area contributed by atoms with E-state index in [1.807, 2.05) is 6.07 Å². The average Bonchev–Trinajstić information content (AvgIpc) is 2.27. The van der Waals surface area contributed by atoms with Crippen LogP contribution in [0.25, 0.3) is 0 Å². The van der Waals surface area contributed by atoms with Crippen LogP contribution in [0, 0.1) is 11.3 Å². The number of rotatable bonds is 4. The van der Waals surface area contributed by atoms with E-state index in [-0.39, 0.29) is 13.2 Å². The smallest absolute Gasteiger partial charge is 0.407 e. The molecular formula is C11H11BrN2O3. The first-order chi connectivity index (χ1) is 8.02. The number of carbonyl (C=O) groups is 1. The molecule has 0 saturated carbocycles. The van der Waals surface area contributed by atoms with Crippen LogP contribution in [0.1, 0.15) is 5.56 Å². The largest absolute Gasteiger partial charge is 0.492 e. The molecule has 17 heavy (non-hydrogen) atoms. The van der Waals surface area contributed by atoms with Gasteiger partial charge in [-0.15, -0.1) is 0 Å². The first-order valence-corrected chi connectivity index (χ1v) is 5.60. The summed E-state index contributed by atoms with van der Waals surface area (Å²) >= 11 is 3.26. The zero-order chi connectivity index (χ0) is 12.8. The maximum Gasteiger partial charge on any atom is 0.407 e. The molecule has 0 spiro atoms. The fourth-order valence-electron chi connectivity index (χ4n) is 1.11. The Morgan fingerprint density at radius 3 is 2.88 bits per heavy atom. The zero-order valence-corrected chi connectivity index (χ0v) is 10.8. The summed E-state index contributed by atoms with van der Waals surface area (Å²) in [5.41, 5.74) is 0.487. The minimum Gasteiger partial charge on any atom is -0.492 e. The van der Waals surface area contributed by atoms with Crippen molar-refractivity contribution < 1.29 is 14.6 Å². The van der Waals surface area contributed by atoms with Gasteiger partial charge in [0, 0.05) is 11.5 Å². The van der Waals surface area contributed by atoms with Crippen LogP contribution in [0.2, 0.25) is 0 Å². The lowest BCUT2D eigenvalue weighted by Gasteiger charge is -2.13. The second-order valence-corrected chi connectivity index (χ2v) is 4.26. The number of halogens is 1. The molecule has 0 unspecified atom stereocenters. The highest BCUT2D eigenvalue weighted by atomic mass is 79.9. The highest BCUT2D eigenvalue weighted by Gasteiger charge is 2.05. The molecule has 6 heteroatoms. The molecule has 1 N–H and O–H groups in total. The topological polar surface area (TPSA) is 73.6 Å². The Labute approximate surface area is 107 Å². The maximum atomic E-state index is 10.5. The third-order valence-electron chi connectivity index (χ3n) is 2.02. The number of benzene rings is 1.